The number of rotatable bonds is 3. The molecule has 20 heavy (non-hydrogen) atoms. The maximum Gasteiger partial charge on any atom is 0.253 e. The molecule has 1 fully saturated rings. The molecule has 1 amide bonds. The van der Waals surface area contributed by atoms with Gasteiger partial charge in [-0.25, -0.2) is 0 Å². The molecule has 1 aromatic rings. The number of nitrogens with one attached hydrogen (secondary N) is 2. The van der Waals surface area contributed by atoms with Gasteiger partial charge in [0.15, 0.2) is 0 Å². The van der Waals surface area contributed by atoms with E-state index in [1.54, 1.807) is 0 Å². The van der Waals surface area contributed by atoms with Gasteiger partial charge in [0.25, 0.3) is 5.91 Å². The number of aryl methyl sites for hydroxylation is 1. The monoisotopic (exact) mass is 274 g/mol. The van der Waals surface area contributed by atoms with Crippen molar-refractivity contribution in [3.8, 4) is 0 Å². The topological polar surface area (TPSA) is 50.4 Å². The number of ether oxygens (including phenoxy) is 1. The first-order valence-electron chi connectivity index (χ1n) is 7.60. The second kappa shape index (κ2) is 6.27. The number of anilines is 1. The van der Waals surface area contributed by atoms with Crippen LogP contribution in [0.4, 0.5) is 5.69 Å². The van der Waals surface area contributed by atoms with Crippen LogP contribution in [0.5, 0.6) is 0 Å². The van der Waals surface area contributed by atoms with Crippen molar-refractivity contribution in [2.24, 2.45) is 0 Å². The molecule has 2 aliphatic heterocycles. The van der Waals surface area contributed by atoms with Crippen LogP contribution in [0.2, 0.25) is 0 Å². The molecule has 1 aromatic carbocycles. The van der Waals surface area contributed by atoms with Gasteiger partial charge in [-0.2, -0.15) is 0 Å². The Morgan fingerprint density at radius 2 is 2.30 bits per heavy atom. The van der Waals surface area contributed by atoms with Crippen LogP contribution in [0.15, 0.2) is 18.2 Å². The quantitative estimate of drug-likeness (QED) is 0.889. The summed E-state index contributed by atoms with van der Waals surface area (Å²) in [6, 6.07) is 5.97. The molecule has 1 atom stereocenters. The van der Waals surface area contributed by atoms with Crippen LogP contribution in [0, 0.1) is 0 Å². The summed E-state index contributed by atoms with van der Waals surface area (Å²) >= 11 is 0. The fraction of sp³-hybridized carbons (Fsp3) is 0.562. The number of hydrogen-bond donors (Lipinski definition) is 2. The van der Waals surface area contributed by atoms with E-state index in [1.807, 2.05) is 12.1 Å². The minimum atomic E-state index is 0.00502. The zero-order valence-electron chi connectivity index (χ0n) is 11.8. The lowest BCUT2D eigenvalue weighted by molar-refractivity contribution is 0.0169. The maximum absolute atomic E-state index is 12.4. The molecular formula is C16H22N2O2. The lowest BCUT2D eigenvalue weighted by Crippen LogP contribution is -2.36. The third kappa shape index (κ3) is 2.96. The summed E-state index contributed by atoms with van der Waals surface area (Å²) in [4.78, 5) is 12.4. The highest BCUT2D eigenvalue weighted by Gasteiger charge is 2.19. The van der Waals surface area contributed by atoms with Crippen molar-refractivity contribution in [2.45, 2.75) is 38.2 Å². The molecule has 2 aliphatic rings. The van der Waals surface area contributed by atoms with E-state index in [9.17, 15) is 4.79 Å². The number of amides is 1. The Balaban J connectivity index is 1.64. The molecule has 0 radical (unpaired) electrons. The highest BCUT2D eigenvalue weighted by atomic mass is 16.5. The lowest BCUT2D eigenvalue weighted by Gasteiger charge is -2.24. The minimum absolute atomic E-state index is 0.00502. The molecule has 0 bridgehead atoms. The Morgan fingerprint density at radius 1 is 1.35 bits per heavy atom. The average molecular weight is 274 g/mol. The zero-order valence-corrected chi connectivity index (χ0v) is 11.8. The van der Waals surface area contributed by atoms with Crippen molar-refractivity contribution in [3.63, 3.8) is 0 Å². The highest BCUT2D eigenvalue weighted by molar-refractivity contribution is 6.00. The third-order valence-electron chi connectivity index (χ3n) is 4.08. The molecule has 0 aromatic heterocycles. The molecule has 4 heteroatoms. The summed E-state index contributed by atoms with van der Waals surface area (Å²) in [5.74, 6) is 0.00502. The SMILES string of the molecule is O=C(NCC1CCCCO1)c1cccc2c1NCCC2. The standard InChI is InChI=1S/C16H22N2O2/c19-16(18-11-13-7-1-2-10-20-13)14-8-3-5-12-6-4-9-17-15(12)14/h3,5,8,13,17H,1-2,4,6-7,9-11H2,(H,18,19). The van der Waals surface area contributed by atoms with Gasteiger partial charge in [-0.15, -0.1) is 0 Å². The van der Waals surface area contributed by atoms with Gasteiger partial charge in [0.1, 0.15) is 0 Å². The van der Waals surface area contributed by atoms with Crippen LogP contribution in [0.1, 0.15) is 41.6 Å². The maximum atomic E-state index is 12.4. The number of para-hydroxylation sites is 1. The second-order valence-electron chi connectivity index (χ2n) is 5.57. The van der Waals surface area contributed by atoms with E-state index >= 15 is 0 Å². The van der Waals surface area contributed by atoms with E-state index in [-0.39, 0.29) is 12.0 Å². The molecule has 0 aliphatic carbocycles. The molecule has 2 N–H and O–H groups in total. The smallest absolute Gasteiger partial charge is 0.253 e. The fourth-order valence-electron chi connectivity index (χ4n) is 2.97. The molecule has 2 heterocycles. The van der Waals surface area contributed by atoms with E-state index in [0.717, 1.165) is 50.1 Å². The van der Waals surface area contributed by atoms with Gasteiger partial charge in [0, 0.05) is 19.7 Å². The Morgan fingerprint density at radius 3 is 3.15 bits per heavy atom. The number of benzene rings is 1. The molecule has 4 nitrogen and oxygen atoms in total. The van der Waals surface area contributed by atoms with Gasteiger partial charge in [-0.05, 0) is 43.7 Å². The second-order valence-corrected chi connectivity index (χ2v) is 5.57. The van der Waals surface area contributed by atoms with Crippen LogP contribution >= 0.6 is 0 Å². The molecule has 0 saturated carbocycles. The Labute approximate surface area is 119 Å². The molecule has 108 valence electrons. The minimum Gasteiger partial charge on any atom is -0.384 e. The van der Waals surface area contributed by atoms with Gasteiger partial charge < -0.3 is 15.4 Å². The predicted octanol–water partition coefficient (Wildman–Crippen LogP) is 2.34. The molecule has 0 spiro atoms. The van der Waals surface area contributed by atoms with E-state index < -0.39 is 0 Å². The van der Waals surface area contributed by atoms with Gasteiger partial charge in [0.2, 0.25) is 0 Å². The van der Waals surface area contributed by atoms with E-state index in [4.69, 9.17) is 4.74 Å². The van der Waals surface area contributed by atoms with Crippen LogP contribution < -0.4 is 10.6 Å². The van der Waals surface area contributed by atoms with Crippen molar-refractivity contribution in [1.82, 2.24) is 5.32 Å². The number of carbonyl (C=O) groups is 1. The Bertz CT molecular complexity index is 481. The van der Waals surface area contributed by atoms with E-state index in [2.05, 4.69) is 16.7 Å². The summed E-state index contributed by atoms with van der Waals surface area (Å²) in [6.45, 7) is 2.38. The summed E-state index contributed by atoms with van der Waals surface area (Å²) in [5, 5.41) is 6.37. The highest BCUT2D eigenvalue weighted by Crippen LogP contribution is 2.26. The van der Waals surface area contributed by atoms with Gasteiger partial charge in [0.05, 0.1) is 17.4 Å². The summed E-state index contributed by atoms with van der Waals surface area (Å²) < 4.78 is 5.65. The number of carbonyl (C=O) groups excluding carboxylic acids is 1. The van der Waals surface area contributed by atoms with Gasteiger partial charge in [-0.1, -0.05) is 12.1 Å². The average Bonchev–Trinajstić information content (AvgIpc) is 2.53. The van der Waals surface area contributed by atoms with Crippen LogP contribution in [0.25, 0.3) is 0 Å². The first-order valence-corrected chi connectivity index (χ1v) is 7.60. The third-order valence-corrected chi connectivity index (χ3v) is 4.08. The van der Waals surface area contributed by atoms with Gasteiger partial charge in [-0.3, -0.25) is 4.79 Å². The van der Waals surface area contributed by atoms with Crippen LogP contribution in [-0.4, -0.2) is 31.7 Å². The Kier molecular flexibility index (Phi) is 4.21. The van der Waals surface area contributed by atoms with Crippen molar-refractivity contribution >= 4 is 11.6 Å². The van der Waals surface area contributed by atoms with Crippen molar-refractivity contribution < 1.29 is 9.53 Å². The van der Waals surface area contributed by atoms with Gasteiger partial charge >= 0.3 is 0 Å². The molecule has 3 rings (SSSR count). The van der Waals surface area contributed by atoms with Crippen LogP contribution in [0.3, 0.4) is 0 Å². The largest absolute Gasteiger partial charge is 0.384 e. The van der Waals surface area contributed by atoms with E-state index in [1.165, 1.54) is 12.0 Å². The first-order chi connectivity index (χ1) is 9.84. The molecular weight excluding hydrogens is 252 g/mol. The van der Waals surface area contributed by atoms with E-state index in [0.29, 0.717) is 6.54 Å². The van der Waals surface area contributed by atoms with Crippen molar-refractivity contribution in [3.05, 3.63) is 29.3 Å². The number of fused-ring (bicyclic) bond motifs is 1. The molecule has 1 saturated heterocycles. The lowest BCUT2D eigenvalue weighted by atomic mass is 9.99. The first kappa shape index (κ1) is 13.4. The van der Waals surface area contributed by atoms with Crippen LogP contribution in [-0.2, 0) is 11.2 Å². The summed E-state index contributed by atoms with van der Waals surface area (Å²) in [7, 11) is 0. The summed E-state index contributed by atoms with van der Waals surface area (Å²) in [5.41, 5.74) is 3.02. The van der Waals surface area contributed by atoms with Crippen molar-refractivity contribution in [2.75, 3.05) is 25.0 Å². The normalized spacial score (nSPS) is 21.7. The fourth-order valence-corrected chi connectivity index (χ4v) is 2.97. The summed E-state index contributed by atoms with van der Waals surface area (Å²) in [6.07, 6.45) is 5.75. The van der Waals surface area contributed by atoms with Crippen molar-refractivity contribution in [1.29, 1.82) is 0 Å². The molecule has 1 unspecified atom stereocenters. The number of hydrogen-bond acceptors (Lipinski definition) is 3. The zero-order chi connectivity index (χ0) is 13.8. The predicted molar refractivity (Wildman–Crippen MR) is 79.2 cm³/mol. The Hall–Kier alpha value is -1.55.